The molecule has 3 aromatic rings. The minimum atomic E-state index is -0.664. The molecule has 0 radical (unpaired) electrons. The average molecular weight is 387 g/mol. The third-order valence-electron chi connectivity index (χ3n) is 4.48. The van der Waals surface area contributed by atoms with E-state index >= 15 is 0 Å². The molecule has 0 bridgehead atoms. The highest BCUT2D eigenvalue weighted by atomic mass is 32.1. The first-order valence-corrected chi connectivity index (χ1v) is 9.38. The van der Waals surface area contributed by atoms with Crippen LogP contribution in [-0.4, -0.2) is 35.1 Å². The van der Waals surface area contributed by atoms with Gasteiger partial charge in [0.2, 0.25) is 0 Å². The number of ether oxygens (including phenoxy) is 1. The number of benzene rings is 1. The zero-order chi connectivity index (χ0) is 19.0. The number of aromatic nitrogens is 1. The molecule has 27 heavy (non-hydrogen) atoms. The van der Waals surface area contributed by atoms with E-state index in [1.165, 1.54) is 28.4 Å². The van der Waals surface area contributed by atoms with Crippen molar-refractivity contribution < 1.29 is 18.9 Å². The molecule has 3 heterocycles. The first-order valence-electron chi connectivity index (χ1n) is 8.57. The second-order valence-corrected chi connectivity index (χ2v) is 7.37. The number of hydrogen-bond acceptors (Lipinski definition) is 7. The van der Waals surface area contributed by atoms with Crippen LogP contribution in [0.2, 0.25) is 0 Å². The summed E-state index contributed by atoms with van der Waals surface area (Å²) in [5, 5.41) is 11.4. The Kier molecular flexibility index (Phi) is 4.63. The van der Waals surface area contributed by atoms with Gasteiger partial charge in [0.15, 0.2) is 10.9 Å². The fraction of sp³-hybridized carbons (Fsp3) is 0.333. The Morgan fingerprint density at radius 1 is 1.41 bits per heavy atom. The Morgan fingerprint density at radius 3 is 2.93 bits per heavy atom. The van der Waals surface area contributed by atoms with Crippen LogP contribution < -0.4 is 4.90 Å². The Labute approximate surface area is 158 Å². The smallest absolute Gasteiger partial charge is 0.395 e. The second-order valence-electron chi connectivity index (χ2n) is 6.36. The number of nitrogens with zero attached hydrogens (tertiary/aromatic N) is 3. The third kappa shape index (κ3) is 3.43. The first kappa shape index (κ1) is 17.6. The number of rotatable bonds is 5. The number of thiazole rings is 1. The van der Waals surface area contributed by atoms with Crippen LogP contribution >= 0.6 is 11.3 Å². The van der Waals surface area contributed by atoms with E-state index in [1.807, 2.05) is 25.1 Å². The van der Waals surface area contributed by atoms with E-state index < -0.39 is 16.7 Å². The largest absolute Gasteiger partial charge is 0.433 e. The Balaban J connectivity index is 1.71. The number of furan rings is 1. The number of anilines is 1. The lowest BCUT2D eigenvalue weighted by molar-refractivity contribution is -0.402. The molecule has 2 aromatic heterocycles. The van der Waals surface area contributed by atoms with Gasteiger partial charge in [0.1, 0.15) is 4.92 Å². The van der Waals surface area contributed by atoms with Crippen molar-refractivity contribution in [3.8, 4) is 0 Å². The molecule has 0 N–H and O–H groups in total. The normalized spacial score (nSPS) is 16.7. The van der Waals surface area contributed by atoms with Gasteiger partial charge in [0.05, 0.1) is 28.9 Å². The van der Waals surface area contributed by atoms with Gasteiger partial charge >= 0.3 is 5.88 Å². The maximum Gasteiger partial charge on any atom is 0.433 e. The molecule has 1 aromatic carbocycles. The van der Waals surface area contributed by atoms with E-state index in [9.17, 15) is 14.9 Å². The average Bonchev–Trinajstić information content (AvgIpc) is 3.38. The number of amides is 1. The molecular weight excluding hydrogens is 370 g/mol. The molecule has 140 valence electrons. The van der Waals surface area contributed by atoms with Gasteiger partial charge in [-0.2, -0.15) is 0 Å². The predicted octanol–water partition coefficient (Wildman–Crippen LogP) is 3.93. The monoisotopic (exact) mass is 387 g/mol. The standard InChI is InChI=1S/C18H17N3O5S/c1-11-4-2-6-14-16(11)19-18(27-14)20(10-12-5-3-9-25-12)17(22)13-7-8-15(26-13)21(23)24/h2,4,6-8,12H,3,5,9-10H2,1H3. The summed E-state index contributed by atoms with van der Waals surface area (Å²) in [5.41, 5.74) is 1.86. The molecule has 1 amide bonds. The van der Waals surface area contributed by atoms with Crippen molar-refractivity contribution >= 4 is 38.5 Å². The van der Waals surface area contributed by atoms with Crippen molar-refractivity contribution in [1.29, 1.82) is 0 Å². The number of fused-ring (bicyclic) bond motifs is 1. The van der Waals surface area contributed by atoms with E-state index in [2.05, 4.69) is 4.98 Å². The highest BCUT2D eigenvalue weighted by Gasteiger charge is 2.30. The summed E-state index contributed by atoms with van der Waals surface area (Å²) in [4.78, 5) is 29.4. The lowest BCUT2D eigenvalue weighted by Crippen LogP contribution is -2.37. The van der Waals surface area contributed by atoms with Crippen LogP contribution in [0.5, 0.6) is 0 Å². The molecule has 0 spiro atoms. The predicted molar refractivity (Wildman–Crippen MR) is 100 cm³/mol. The molecule has 1 aliphatic heterocycles. The number of aryl methyl sites for hydroxylation is 1. The summed E-state index contributed by atoms with van der Waals surface area (Å²) in [5.74, 6) is -1.01. The van der Waals surface area contributed by atoms with E-state index in [0.717, 1.165) is 28.6 Å². The van der Waals surface area contributed by atoms with Gasteiger partial charge in [-0.15, -0.1) is 0 Å². The van der Waals surface area contributed by atoms with Crippen molar-refractivity contribution in [3.63, 3.8) is 0 Å². The number of nitro groups is 1. The molecule has 1 atom stereocenters. The highest BCUT2D eigenvalue weighted by molar-refractivity contribution is 7.22. The molecule has 1 aliphatic rings. The summed E-state index contributed by atoms with van der Waals surface area (Å²) in [6.07, 6.45) is 1.70. The fourth-order valence-electron chi connectivity index (χ4n) is 3.10. The number of hydrogen-bond donors (Lipinski definition) is 0. The third-order valence-corrected chi connectivity index (χ3v) is 5.52. The summed E-state index contributed by atoms with van der Waals surface area (Å²) in [7, 11) is 0. The van der Waals surface area contributed by atoms with Crippen LogP contribution in [-0.2, 0) is 4.74 Å². The van der Waals surface area contributed by atoms with Crippen LogP contribution in [0.3, 0.4) is 0 Å². The minimum Gasteiger partial charge on any atom is -0.395 e. The molecule has 9 heteroatoms. The van der Waals surface area contributed by atoms with Crippen molar-refractivity contribution in [3.05, 3.63) is 51.8 Å². The van der Waals surface area contributed by atoms with Gasteiger partial charge in [-0.25, -0.2) is 4.98 Å². The fourth-order valence-corrected chi connectivity index (χ4v) is 4.15. The lowest BCUT2D eigenvalue weighted by atomic mass is 10.2. The maximum absolute atomic E-state index is 13.1. The van der Waals surface area contributed by atoms with Crippen LogP contribution in [0.25, 0.3) is 10.2 Å². The second kappa shape index (κ2) is 7.09. The summed E-state index contributed by atoms with van der Waals surface area (Å²) >= 11 is 1.40. The van der Waals surface area contributed by atoms with Gasteiger partial charge < -0.3 is 9.15 Å². The summed E-state index contributed by atoms with van der Waals surface area (Å²) in [6.45, 7) is 2.96. The van der Waals surface area contributed by atoms with Gasteiger partial charge in [-0.1, -0.05) is 23.5 Å². The minimum absolute atomic E-state index is 0.0873. The van der Waals surface area contributed by atoms with E-state index in [4.69, 9.17) is 9.15 Å². The maximum atomic E-state index is 13.1. The van der Waals surface area contributed by atoms with Crippen LogP contribution in [0, 0.1) is 17.0 Å². The van der Waals surface area contributed by atoms with Crippen molar-refractivity contribution in [1.82, 2.24) is 4.98 Å². The summed E-state index contributed by atoms with van der Waals surface area (Å²) in [6, 6.07) is 8.37. The van der Waals surface area contributed by atoms with E-state index in [-0.39, 0.29) is 11.9 Å². The molecule has 1 unspecified atom stereocenters. The Bertz CT molecular complexity index is 1010. The number of carbonyl (C=O) groups is 1. The van der Waals surface area contributed by atoms with Gasteiger partial charge in [-0.3, -0.25) is 19.8 Å². The Morgan fingerprint density at radius 2 is 2.26 bits per heavy atom. The van der Waals surface area contributed by atoms with Crippen molar-refractivity contribution in [2.45, 2.75) is 25.9 Å². The zero-order valence-corrected chi connectivity index (χ0v) is 15.4. The SMILES string of the molecule is Cc1cccc2sc(N(CC3CCCO3)C(=O)c3ccc([N+](=O)[O-])o3)nc12. The molecule has 8 nitrogen and oxygen atoms in total. The molecular formula is C18H17N3O5S. The molecule has 1 saturated heterocycles. The van der Waals surface area contributed by atoms with Gasteiger partial charge in [0.25, 0.3) is 5.91 Å². The zero-order valence-electron chi connectivity index (χ0n) is 14.6. The van der Waals surface area contributed by atoms with Crippen LogP contribution in [0.15, 0.2) is 34.7 Å². The summed E-state index contributed by atoms with van der Waals surface area (Å²) < 4.78 is 11.8. The van der Waals surface area contributed by atoms with Crippen LogP contribution in [0.1, 0.15) is 29.0 Å². The quantitative estimate of drug-likeness (QED) is 0.486. The molecule has 0 saturated carbocycles. The van der Waals surface area contributed by atoms with E-state index in [0.29, 0.717) is 18.3 Å². The topological polar surface area (TPSA) is 98.7 Å². The number of para-hydroxylation sites is 1. The molecule has 0 aliphatic carbocycles. The van der Waals surface area contributed by atoms with Gasteiger partial charge in [-0.05, 0) is 37.5 Å². The highest BCUT2D eigenvalue weighted by Crippen LogP contribution is 2.32. The first-order chi connectivity index (χ1) is 13.0. The van der Waals surface area contributed by atoms with Crippen molar-refractivity contribution in [2.24, 2.45) is 0 Å². The van der Waals surface area contributed by atoms with E-state index in [1.54, 1.807) is 0 Å². The molecule has 1 fully saturated rings. The van der Waals surface area contributed by atoms with Crippen LogP contribution in [0.4, 0.5) is 11.0 Å². The Hall–Kier alpha value is -2.78. The van der Waals surface area contributed by atoms with Gasteiger partial charge in [0, 0.05) is 6.61 Å². The lowest BCUT2D eigenvalue weighted by Gasteiger charge is -2.21. The van der Waals surface area contributed by atoms with Crippen molar-refractivity contribution in [2.75, 3.05) is 18.1 Å². The number of carbonyl (C=O) groups excluding carboxylic acids is 1. The molecule has 4 rings (SSSR count).